The zero-order valence-corrected chi connectivity index (χ0v) is 19.7. The summed E-state index contributed by atoms with van der Waals surface area (Å²) in [5, 5.41) is 9.02. The molecule has 3 aromatic carbocycles. The van der Waals surface area contributed by atoms with Gasteiger partial charge in [-0.1, -0.05) is 30.4 Å². The number of benzene rings is 3. The number of nitrogens with one attached hydrogen (secondary N) is 3. The lowest BCUT2D eigenvalue weighted by molar-refractivity contribution is -0.136. The summed E-state index contributed by atoms with van der Waals surface area (Å²) in [7, 11) is 0. The van der Waals surface area contributed by atoms with Gasteiger partial charge in [0.15, 0.2) is 6.61 Å². The van der Waals surface area contributed by atoms with E-state index in [1.807, 2.05) is 31.2 Å². The Kier molecular flexibility index (Phi) is 9.35. The summed E-state index contributed by atoms with van der Waals surface area (Å²) >= 11 is 0. The number of hydrazone groups is 1. The third-order valence-electron chi connectivity index (χ3n) is 4.65. The number of anilines is 2. The van der Waals surface area contributed by atoms with Gasteiger partial charge < -0.3 is 20.1 Å². The Bertz CT molecular complexity index is 1220. The van der Waals surface area contributed by atoms with Crippen LogP contribution in [-0.4, -0.2) is 37.1 Å². The standard InChI is InChI=1S/C27H26N4O5/c1-3-16-35-23-14-10-22(11-15-23)30-26(33)27(34)31-28-17-20-6-12-24(13-7-20)36-18-25(32)29-21-8-4-19(2)5-9-21/h3-15,17H,1,16,18H2,2H3,(H,29,32)(H,30,33)(H,31,34)/b28-17-. The molecule has 9 heteroatoms. The van der Waals surface area contributed by atoms with Crippen molar-refractivity contribution in [3.63, 3.8) is 0 Å². The molecule has 0 heterocycles. The van der Waals surface area contributed by atoms with Crippen molar-refractivity contribution in [1.82, 2.24) is 5.43 Å². The Hall–Kier alpha value is -4.92. The molecule has 0 aliphatic rings. The summed E-state index contributed by atoms with van der Waals surface area (Å²) in [6.07, 6.45) is 3.00. The number of amides is 3. The number of hydrogen-bond acceptors (Lipinski definition) is 6. The average molecular weight is 487 g/mol. The van der Waals surface area contributed by atoms with Crippen LogP contribution in [0.1, 0.15) is 11.1 Å². The largest absolute Gasteiger partial charge is 0.490 e. The molecule has 36 heavy (non-hydrogen) atoms. The van der Waals surface area contributed by atoms with Gasteiger partial charge in [0.2, 0.25) is 0 Å². The summed E-state index contributed by atoms with van der Waals surface area (Å²) in [5.41, 5.74) is 5.06. The smallest absolute Gasteiger partial charge is 0.329 e. The maximum atomic E-state index is 12.0. The first kappa shape index (κ1) is 25.7. The van der Waals surface area contributed by atoms with Gasteiger partial charge in [0, 0.05) is 11.4 Å². The van der Waals surface area contributed by atoms with Gasteiger partial charge >= 0.3 is 11.8 Å². The van der Waals surface area contributed by atoms with Crippen molar-refractivity contribution in [2.75, 3.05) is 23.8 Å². The Labute approximate surface area is 208 Å². The number of rotatable bonds is 10. The van der Waals surface area contributed by atoms with E-state index in [0.717, 1.165) is 5.56 Å². The van der Waals surface area contributed by atoms with Crippen LogP contribution in [0.3, 0.4) is 0 Å². The number of hydrogen-bond donors (Lipinski definition) is 3. The van der Waals surface area contributed by atoms with Crippen molar-refractivity contribution in [1.29, 1.82) is 0 Å². The summed E-state index contributed by atoms with van der Waals surface area (Å²) in [5.74, 6) is -0.945. The molecular formula is C27H26N4O5. The van der Waals surface area contributed by atoms with Crippen LogP contribution >= 0.6 is 0 Å². The number of nitrogens with zero attached hydrogens (tertiary/aromatic N) is 1. The van der Waals surface area contributed by atoms with E-state index < -0.39 is 11.8 Å². The molecule has 9 nitrogen and oxygen atoms in total. The topological polar surface area (TPSA) is 118 Å². The highest BCUT2D eigenvalue weighted by atomic mass is 16.5. The fourth-order valence-electron chi connectivity index (χ4n) is 2.83. The van der Waals surface area contributed by atoms with Gasteiger partial charge in [0.05, 0.1) is 6.21 Å². The van der Waals surface area contributed by atoms with E-state index in [0.29, 0.717) is 35.0 Å². The molecule has 3 N–H and O–H groups in total. The predicted molar refractivity (Wildman–Crippen MR) is 138 cm³/mol. The van der Waals surface area contributed by atoms with Crippen molar-refractivity contribution in [3.8, 4) is 11.5 Å². The van der Waals surface area contributed by atoms with Crippen LogP contribution in [-0.2, 0) is 14.4 Å². The number of carbonyl (C=O) groups is 3. The van der Waals surface area contributed by atoms with Gasteiger partial charge in [-0.15, -0.1) is 0 Å². The van der Waals surface area contributed by atoms with Gasteiger partial charge in [-0.3, -0.25) is 14.4 Å². The minimum atomic E-state index is -0.919. The third-order valence-corrected chi connectivity index (χ3v) is 4.65. The average Bonchev–Trinajstić information content (AvgIpc) is 2.89. The quantitative estimate of drug-likeness (QED) is 0.175. The lowest BCUT2D eigenvalue weighted by Crippen LogP contribution is -2.32. The first-order chi connectivity index (χ1) is 17.4. The Morgan fingerprint density at radius 1 is 0.806 bits per heavy atom. The lowest BCUT2D eigenvalue weighted by atomic mass is 10.2. The molecule has 0 aliphatic heterocycles. The van der Waals surface area contributed by atoms with Crippen molar-refractivity contribution in [2.45, 2.75) is 6.92 Å². The molecule has 0 saturated heterocycles. The van der Waals surface area contributed by atoms with Gasteiger partial charge in [-0.05, 0) is 73.2 Å². The zero-order chi connectivity index (χ0) is 25.8. The molecule has 0 saturated carbocycles. The second-order valence-corrected chi connectivity index (χ2v) is 7.55. The summed E-state index contributed by atoms with van der Waals surface area (Å²) in [4.78, 5) is 36.0. The maximum absolute atomic E-state index is 12.0. The highest BCUT2D eigenvalue weighted by Crippen LogP contribution is 2.16. The summed E-state index contributed by atoms with van der Waals surface area (Å²) in [6.45, 7) is 5.77. The molecule has 0 unspecified atom stereocenters. The van der Waals surface area contributed by atoms with Crippen LogP contribution in [0.4, 0.5) is 11.4 Å². The predicted octanol–water partition coefficient (Wildman–Crippen LogP) is 3.67. The lowest BCUT2D eigenvalue weighted by Gasteiger charge is -2.08. The molecule has 3 rings (SSSR count). The van der Waals surface area contributed by atoms with Gasteiger partial charge in [0.25, 0.3) is 5.91 Å². The van der Waals surface area contributed by atoms with Gasteiger partial charge in [-0.2, -0.15) is 5.10 Å². The molecule has 184 valence electrons. The normalized spacial score (nSPS) is 10.4. The monoisotopic (exact) mass is 486 g/mol. The van der Waals surface area contributed by atoms with E-state index in [1.165, 1.54) is 6.21 Å². The van der Waals surface area contributed by atoms with E-state index in [2.05, 4.69) is 27.7 Å². The molecule has 0 atom stereocenters. The molecule has 0 aromatic heterocycles. The molecule has 3 aromatic rings. The number of ether oxygens (including phenoxy) is 2. The van der Waals surface area contributed by atoms with Gasteiger partial charge in [0.1, 0.15) is 18.1 Å². The first-order valence-corrected chi connectivity index (χ1v) is 11.0. The Morgan fingerprint density at radius 3 is 2.06 bits per heavy atom. The fourth-order valence-corrected chi connectivity index (χ4v) is 2.83. The summed E-state index contributed by atoms with van der Waals surface area (Å²) in [6, 6.07) is 20.7. The maximum Gasteiger partial charge on any atom is 0.329 e. The SMILES string of the molecule is C=CCOc1ccc(NC(=O)C(=O)N/N=C\c2ccc(OCC(=O)Nc3ccc(C)cc3)cc2)cc1. The second-order valence-electron chi connectivity index (χ2n) is 7.55. The highest BCUT2D eigenvalue weighted by molar-refractivity contribution is 6.39. The van der Waals surface area contributed by atoms with E-state index in [-0.39, 0.29) is 12.5 Å². The van der Waals surface area contributed by atoms with E-state index in [1.54, 1.807) is 54.6 Å². The molecule has 0 fully saturated rings. The van der Waals surface area contributed by atoms with Crippen LogP contribution in [0.25, 0.3) is 0 Å². The molecular weight excluding hydrogens is 460 g/mol. The van der Waals surface area contributed by atoms with Gasteiger partial charge in [-0.25, -0.2) is 5.43 Å². The number of carbonyl (C=O) groups excluding carboxylic acids is 3. The fraction of sp³-hybridized carbons (Fsp3) is 0.111. The van der Waals surface area contributed by atoms with E-state index >= 15 is 0 Å². The Morgan fingerprint density at radius 2 is 1.39 bits per heavy atom. The minimum Gasteiger partial charge on any atom is -0.490 e. The minimum absolute atomic E-state index is 0.142. The molecule has 0 aliphatic carbocycles. The van der Waals surface area contributed by atoms with Crippen molar-refractivity contribution in [3.05, 3.63) is 96.6 Å². The van der Waals surface area contributed by atoms with E-state index in [9.17, 15) is 14.4 Å². The molecule has 0 spiro atoms. The van der Waals surface area contributed by atoms with Crippen LogP contribution < -0.4 is 25.5 Å². The highest BCUT2D eigenvalue weighted by Gasteiger charge is 2.12. The zero-order valence-electron chi connectivity index (χ0n) is 19.7. The van der Waals surface area contributed by atoms with E-state index in [4.69, 9.17) is 9.47 Å². The second kappa shape index (κ2) is 13.1. The third kappa shape index (κ3) is 8.45. The summed E-state index contributed by atoms with van der Waals surface area (Å²) < 4.78 is 10.8. The van der Waals surface area contributed by atoms with Crippen LogP contribution in [0, 0.1) is 6.92 Å². The van der Waals surface area contributed by atoms with Crippen LogP contribution in [0.5, 0.6) is 11.5 Å². The Balaban J connectivity index is 1.40. The molecule has 3 amide bonds. The van der Waals surface area contributed by atoms with Crippen LogP contribution in [0.2, 0.25) is 0 Å². The molecule has 0 radical (unpaired) electrons. The van der Waals surface area contributed by atoms with Crippen molar-refractivity contribution >= 4 is 35.3 Å². The number of aryl methyl sites for hydroxylation is 1. The first-order valence-electron chi connectivity index (χ1n) is 11.0. The van der Waals surface area contributed by atoms with Crippen molar-refractivity contribution in [2.24, 2.45) is 5.10 Å². The molecule has 0 bridgehead atoms. The van der Waals surface area contributed by atoms with Crippen molar-refractivity contribution < 1.29 is 23.9 Å². The van der Waals surface area contributed by atoms with Crippen LogP contribution in [0.15, 0.2) is 90.6 Å².